The Labute approximate surface area is 156 Å². The summed E-state index contributed by atoms with van der Waals surface area (Å²) in [7, 11) is 0. The Hall–Kier alpha value is -0.290. The van der Waals surface area contributed by atoms with E-state index in [0.29, 0.717) is 5.02 Å². The van der Waals surface area contributed by atoms with Gasteiger partial charge in [-0.15, -0.1) is 23.5 Å². The van der Waals surface area contributed by atoms with E-state index in [4.69, 9.17) is 23.2 Å². The first kappa shape index (κ1) is 17.5. The molecule has 124 valence electrons. The highest BCUT2D eigenvalue weighted by atomic mass is 35.5. The zero-order chi connectivity index (χ0) is 16.1. The molecule has 1 aliphatic heterocycles. The summed E-state index contributed by atoms with van der Waals surface area (Å²) < 4.78 is 2.46. The van der Waals surface area contributed by atoms with Crippen molar-refractivity contribution < 1.29 is 0 Å². The molecule has 2 heterocycles. The third-order valence-electron chi connectivity index (χ3n) is 4.12. The maximum absolute atomic E-state index is 6.34. The smallest absolute Gasteiger partial charge is 0.0945 e. The standard InChI is InChI=1S/C17H20Cl2N2S2/c18-15-3-2-14(16(19)12-15)4-5-17(22-10-1-11-23-17)6-8-21-9-7-20-13-21/h2-3,7,9,12-13H,1,4-6,8,10-11H2. The number of hydrogen-bond acceptors (Lipinski definition) is 3. The van der Waals surface area contributed by atoms with Crippen LogP contribution in [0.25, 0.3) is 0 Å². The van der Waals surface area contributed by atoms with Crippen molar-refractivity contribution in [2.24, 2.45) is 0 Å². The Bertz CT molecular complexity index is 626. The zero-order valence-corrected chi connectivity index (χ0v) is 16.0. The monoisotopic (exact) mass is 386 g/mol. The van der Waals surface area contributed by atoms with Crippen LogP contribution in [0.5, 0.6) is 0 Å². The Morgan fingerprint density at radius 3 is 2.70 bits per heavy atom. The summed E-state index contributed by atoms with van der Waals surface area (Å²) in [5.74, 6) is 2.51. The second kappa shape index (κ2) is 8.19. The maximum Gasteiger partial charge on any atom is 0.0945 e. The molecule has 0 bridgehead atoms. The quantitative estimate of drug-likeness (QED) is 0.626. The molecular formula is C17H20Cl2N2S2. The van der Waals surface area contributed by atoms with Crippen LogP contribution in [0.15, 0.2) is 36.9 Å². The molecule has 1 aliphatic rings. The predicted molar refractivity (Wildman–Crippen MR) is 104 cm³/mol. The molecule has 0 atom stereocenters. The fourth-order valence-corrected chi connectivity index (χ4v) is 6.60. The first-order chi connectivity index (χ1) is 11.2. The van der Waals surface area contributed by atoms with Gasteiger partial charge in [-0.2, -0.15) is 0 Å². The summed E-state index contributed by atoms with van der Waals surface area (Å²) >= 11 is 16.6. The van der Waals surface area contributed by atoms with Crippen molar-refractivity contribution in [1.82, 2.24) is 9.55 Å². The molecule has 1 fully saturated rings. The third kappa shape index (κ3) is 4.85. The van der Waals surface area contributed by atoms with Gasteiger partial charge in [-0.3, -0.25) is 0 Å². The Balaban J connectivity index is 1.66. The molecule has 1 aromatic heterocycles. The molecule has 2 aromatic rings. The van der Waals surface area contributed by atoms with E-state index in [1.807, 2.05) is 30.9 Å². The number of rotatable bonds is 6. The van der Waals surface area contributed by atoms with Crippen LogP contribution in [0.4, 0.5) is 0 Å². The second-order valence-electron chi connectivity index (χ2n) is 5.75. The van der Waals surface area contributed by atoms with Gasteiger partial charge in [0.15, 0.2) is 0 Å². The van der Waals surface area contributed by atoms with E-state index < -0.39 is 0 Å². The van der Waals surface area contributed by atoms with Gasteiger partial charge < -0.3 is 4.57 Å². The summed E-state index contributed by atoms with van der Waals surface area (Å²) in [4.78, 5) is 4.14. The van der Waals surface area contributed by atoms with Crippen LogP contribution in [0.2, 0.25) is 10.0 Å². The van der Waals surface area contributed by atoms with E-state index in [1.54, 1.807) is 0 Å². The topological polar surface area (TPSA) is 17.8 Å². The fraction of sp³-hybridized carbons (Fsp3) is 0.471. The SMILES string of the molecule is Clc1ccc(CCC2(CCn3ccnc3)SCCCS2)c(Cl)c1. The first-order valence-corrected chi connectivity index (χ1v) is 10.6. The summed E-state index contributed by atoms with van der Waals surface area (Å²) in [6.45, 7) is 1.02. The van der Waals surface area contributed by atoms with Gasteiger partial charge in [0.25, 0.3) is 0 Å². The van der Waals surface area contributed by atoms with Crippen LogP contribution in [0, 0.1) is 0 Å². The Morgan fingerprint density at radius 2 is 2.00 bits per heavy atom. The molecule has 23 heavy (non-hydrogen) atoms. The summed E-state index contributed by atoms with van der Waals surface area (Å²) in [6, 6.07) is 5.84. The van der Waals surface area contributed by atoms with Crippen LogP contribution in [-0.2, 0) is 13.0 Å². The molecule has 0 unspecified atom stereocenters. The summed E-state index contributed by atoms with van der Waals surface area (Å²) in [5.41, 5.74) is 1.20. The molecular weight excluding hydrogens is 367 g/mol. The van der Waals surface area contributed by atoms with Crippen LogP contribution >= 0.6 is 46.7 Å². The van der Waals surface area contributed by atoms with E-state index in [-0.39, 0.29) is 4.08 Å². The van der Waals surface area contributed by atoms with Crippen LogP contribution in [0.1, 0.15) is 24.8 Å². The fourth-order valence-electron chi connectivity index (χ4n) is 2.80. The van der Waals surface area contributed by atoms with E-state index in [0.717, 1.165) is 30.8 Å². The minimum Gasteiger partial charge on any atom is -0.337 e. The lowest BCUT2D eigenvalue weighted by molar-refractivity contribution is 0.569. The van der Waals surface area contributed by atoms with Gasteiger partial charge >= 0.3 is 0 Å². The van der Waals surface area contributed by atoms with Crippen molar-refractivity contribution in [3.63, 3.8) is 0 Å². The van der Waals surface area contributed by atoms with Crippen molar-refractivity contribution in [3.8, 4) is 0 Å². The van der Waals surface area contributed by atoms with Crippen LogP contribution < -0.4 is 0 Å². The van der Waals surface area contributed by atoms with Crippen molar-refractivity contribution in [2.75, 3.05) is 11.5 Å². The van der Waals surface area contributed by atoms with E-state index in [9.17, 15) is 0 Å². The van der Waals surface area contributed by atoms with E-state index in [2.05, 4.69) is 39.1 Å². The lowest BCUT2D eigenvalue weighted by Gasteiger charge is -2.36. The third-order valence-corrected chi connectivity index (χ3v) is 8.27. The normalized spacial score (nSPS) is 17.3. The van der Waals surface area contributed by atoms with Gasteiger partial charge in [0.2, 0.25) is 0 Å². The van der Waals surface area contributed by atoms with Crippen molar-refractivity contribution in [2.45, 2.75) is 36.3 Å². The van der Waals surface area contributed by atoms with E-state index >= 15 is 0 Å². The zero-order valence-electron chi connectivity index (χ0n) is 12.9. The predicted octanol–water partition coefficient (Wildman–Crippen LogP) is 5.78. The molecule has 0 saturated carbocycles. The molecule has 2 nitrogen and oxygen atoms in total. The molecule has 0 spiro atoms. The lowest BCUT2D eigenvalue weighted by atomic mass is 10.1. The highest BCUT2D eigenvalue weighted by Gasteiger charge is 2.33. The average Bonchev–Trinajstić information content (AvgIpc) is 3.07. The van der Waals surface area contributed by atoms with E-state index in [1.165, 1.54) is 23.5 Å². The Kier molecular flexibility index (Phi) is 6.25. The molecule has 0 N–H and O–H groups in total. The van der Waals surface area contributed by atoms with Gasteiger partial charge in [0, 0.05) is 29.0 Å². The minimum atomic E-state index is 0.283. The molecule has 0 amide bonds. The van der Waals surface area contributed by atoms with Gasteiger partial charge in [0.05, 0.1) is 10.4 Å². The van der Waals surface area contributed by atoms with Gasteiger partial charge in [-0.05, 0) is 54.9 Å². The van der Waals surface area contributed by atoms with Crippen LogP contribution in [0.3, 0.4) is 0 Å². The number of aromatic nitrogens is 2. The largest absolute Gasteiger partial charge is 0.337 e. The molecule has 1 aromatic carbocycles. The van der Waals surface area contributed by atoms with Gasteiger partial charge in [0.1, 0.15) is 0 Å². The Morgan fingerprint density at radius 1 is 1.17 bits per heavy atom. The minimum absolute atomic E-state index is 0.283. The molecule has 6 heteroatoms. The van der Waals surface area contributed by atoms with Crippen molar-refractivity contribution in [3.05, 3.63) is 52.5 Å². The second-order valence-corrected chi connectivity index (χ2v) is 9.81. The molecule has 0 radical (unpaired) electrons. The number of thioether (sulfide) groups is 2. The number of nitrogens with zero attached hydrogens (tertiary/aromatic N) is 2. The van der Waals surface area contributed by atoms with Gasteiger partial charge in [-0.25, -0.2) is 4.98 Å². The summed E-state index contributed by atoms with van der Waals surface area (Å²) in [5, 5.41) is 1.49. The van der Waals surface area contributed by atoms with Crippen molar-refractivity contribution in [1.29, 1.82) is 0 Å². The number of hydrogen-bond donors (Lipinski definition) is 0. The van der Waals surface area contributed by atoms with Gasteiger partial charge in [-0.1, -0.05) is 29.3 Å². The molecule has 1 saturated heterocycles. The summed E-state index contributed by atoms with van der Waals surface area (Å²) in [6.07, 6.45) is 10.4. The number of imidazole rings is 1. The average molecular weight is 387 g/mol. The van der Waals surface area contributed by atoms with Crippen LogP contribution in [-0.4, -0.2) is 25.1 Å². The highest BCUT2D eigenvalue weighted by molar-refractivity contribution is 8.18. The number of halogens is 2. The molecule has 3 rings (SSSR count). The molecule has 0 aliphatic carbocycles. The number of aryl methyl sites for hydroxylation is 2. The number of benzene rings is 1. The van der Waals surface area contributed by atoms with Crippen molar-refractivity contribution >= 4 is 46.7 Å². The maximum atomic E-state index is 6.34. The lowest BCUT2D eigenvalue weighted by Crippen LogP contribution is -2.27. The highest BCUT2D eigenvalue weighted by Crippen LogP contribution is 2.48. The first-order valence-electron chi connectivity index (χ1n) is 7.84.